The molecule has 1 amide bonds. The maximum atomic E-state index is 14.3. The Balaban J connectivity index is 0.00000109. The van der Waals surface area contributed by atoms with Gasteiger partial charge in [0.2, 0.25) is 0 Å². The van der Waals surface area contributed by atoms with Crippen LogP contribution in [0.25, 0.3) is 10.9 Å². The van der Waals surface area contributed by atoms with Gasteiger partial charge in [-0.05, 0) is 45.8 Å². The van der Waals surface area contributed by atoms with Crippen LogP contribution < -0.4 is 5.32 Å². The lowest BCUT2D eigenvalue weighted by molar-refractivity contribution is 0.0946. The summed E-state index contributed by atoms with van der Waals surface area (Å²) in [6, 6.07) is 10.4. The molecule has 0 atom stereocenters. The quantitative estimate of drug-likeness (QED) is 0.634. The van der Waals surface area contributed by atoms with Crippen molar-refractivity contribution >= 4 is 44.3 Å². The number of amides is 1. The van der Waals surface area contributed by atoms with Gasteiger partial charge in [0.05, 0.1) is 15.4 Å². The van der Waals surface area contributed by atoms with Crippen molar-refractivity contribution in [1.82, 2.24) is 15.1 Å². The summed E-state index contributed by atoms with van der Waals surface area (Å²) in [5.74, 6) is -0.921. The summed E-state index contributed by atoms with van der Waals surface area (Å²) < 4.78 is 16.1. The Morgan fingerprint density at radius 1 is 1.24 bits per heavy atom. The fourth-order valence-corrected chi connectivity index (χ4v) is 2.77. The first kappa shape index (κ1) is 19.4. The van der Waals surface area contributed by atoms with Crippen LogP contribution in [-0.2, 0) is 13.6 Å². The molecule has 7 heteroatoms. The second-order valence-electron chi connectivity index (χ2n) is 5.04. The Bertz CT molecular complexity index is 893. The van der Waals surface area contributed by atoms with Gasteiger partial charge >= 0.3 is 0 Å². The predicted molar refractivity (Wildman–Crippen MR) is 102 cm³/mol. The van der Waals surface area contributed by atoms with Crippen molar-refractivity contribution in [2.24, 2.45) is 7.05 Å². The third kappa shape index (κ3) is 4.19. The third-order valence-electron chi connectivity index (χ3n) is 3.49. The molecule has 1 aromatic heterocycles. The largest absolute Gasteiger partial charge is 0.347 e. The van der Waals surface area contributed by atoms with Gasteiger partial charge in [-0.25, -0.2) is 4.39 Å². The van der Waals surface area contributed by atoms with Gasteiger partial charge in [0, 0.05) is 18.6 Å². The van der Waals surface area contributed by atoms with Crippen LogP contribution in [0, 0.1) is 5.82 Å². The summed E-state index contributed by atoms with van der Waals surface area (Å²) in [7, 11) is 1.67. The first-order chi connectivity index (χ1) is 12.0. The fraction of sp³-hybridized carbons (Fsp3) is 0.222. The molecule has 0 unspecified atom stereocenters. The van der Waals surface area contributed by atoms with Gasteiger partial charge in [-0.2, -0.15) is 5.10 Å². The second kappa shape index (κ2) is 8.45. The zero-order valence-corrected chi connectivity index (χ0v) is 16.4. The normalized spacial score (nSPS) is 10.3. The predicted octanol–water partition coefficient (Wildman–Crippen LogP) is 5.08. The molecule has 3 aromatic rings. The molecular formula is C18H18BrClFN3O. The minimum atomic E-state index is -0.493. The van der Waals surface area contributed by atoms with E-state index in [0.717, 1.165) is 5.56 Å². The average Bonchev–Trinajstić information content (AvgIpc) is 2.96. The molecule has 4 nitrogen and oxygen atoms in total. The Kier molecular flexibility index (Phi) is 6.56. The van der Waals surface area contributed by atoms with E-state index in [9.17, 15) is 9.18 Å². The molecule has 0 saturated heterocycles. The monoisotopic (exact) mass is 425 g/mol. The van der Waals surface area contributed by atoms with E-state index >= 15 is 0 Å². The average molecular weight is 427 g/mol. The van der Waals surface area contributed by atoms with E-state index in [1.54, 1.807) is 31.3 Å². The summed E-state index contributed by atoms with van der Waals surface area (Å²) in [6.07, 6.45) is 0. The van der Waals surface area contributed by atoms with Gasteiger partial charge in [0.15, 0.2) is 5.69 Å². The molecule has 1 heterocycles. The highest BCUT2D eigenvalue weighted by Crippen LogP contribution is 2.27. The topological polar surface area (TPSA) is 46.9 Å². The number of hydrogen-bond acceptors (Lipinski definition) is 2. The minimum absolute atomic E-state index is 0.0651. The van der Waals surface area contributed by atoms with Crippen molar-refractivity contribution in [3.63, 3.8) is 0 Å². The number of nitrogens with zero attached hydrogens (tertiary/aromatic N) is 2. The maximum Gasteiger partial charge on any atom is 0.272 e. The van der Waals surface area contributed by atoms with Crippen LogP contribution >= 0.6 is 27.5 Å². The lowest BCUT2D eigenvalue weighted by Gasteiger charge is -2.04. The number of benzene rings is 2. The first-order valence-electron chi connectivity index (χ1n) is 7.80. The number of hydrogen-bond donors (Lipinski definition) is 1. The van der Waals surface area contributed by atoms with Gasteiger partial charge in [-0.3, -0.25) is 9.48 Å². The smallest absolute Gasteiger partial charge is 0.272 e. The molecule has 2 aromatic carbocycles. The molecule has 132 valence electrons. The van der Waals surface area contributed by atoms with E-state index in [2.05, 4.69) is 26.3 Å². The zero-order valence-electron chi connectivity index (χ0n) is 14.1. The van der Waals surface area contributed by atoms with E-state index in [-0.39, 0.29) is 11.1 Å². The standard InChI is InChI=1S/C16H12BrClFN3O.C2H6/c1-22-12-7-6-11(17)14(19)13(12)15(21-22)16(23)20-8-9-2-4-10(18)5-3-9;1-2/h2-7H,8H2,1H3,(H,20,23);1-2H3. The third-order valence-corrected chi connectivity index (χ3v) is 4.35. The van der Waals surface area contributed by atoms with Crippen LogP contribution in [0.5, 0.6) is 0 Å². The molecule has 3 rings (SSSR count). The number of nitrogens with one attached hydrogen (secondary N) is 1. The van der Waals surface area contributed by atoms with Gasteiger partial charge < -0.3 is 5.32 Å². The van der Waals surface area contributed by atoms with Crippen LogP contribution in [0.1, 0.15) is 29.9 Å². The molecule has 0 saturated carbocycles. The Morgan fingerprint density at radius 2 is 1.88 bits per heavy atom. The molecule has 0 spiro atoms. The van der Waals surface area contributed by atoms with E-state index in [1.165, 1.54) is 4.68 Å². The van der Waals surface area contributed by atoms with Crippen molar-refractivity contribution in [2.75, 3.05) is 0 Å². The van der Waals surface area contributed by atoms with E-state index in [1.807, 2.05) is 26.0 Å². The van der Waals surface area contributed by atoms with Crippen LogP contribution in [0.15, 0.2) is 40.9 Å². The number of carbonyl (C=O) groups excluding carboxylic acids is 1. The second-order valence-corrected chi connectivity index (χ2v) is 6.33. The van der Waals surface area contributed by atoms with E-state index < -0.39 is 11.7 Å². The van der Waals surface area contributed by atoms with Crippen molar-refractivity contribution in [3.05, 3.63) is 63.0 Å². The van der Waals surface area contributed by atoms with Crippen LogP contribution in [0.2, 0.25) is 5.02 Å². The molecule has 0 radical (unpaired) electrons. The molecule has 0 bridgehead atoms. The summed E-state index contributed by atoms with van der Waals surface area (Å²) in [5, 5.41) is 7.72. The number of aromatic nitrogens is 2. The van der Waals surface area contributed by atoms with Crippen molar-refractivity contribution in [2.45, 2.75) is 20.4 Å². The molecular weight excluding hydrogens is 409 g/mol. The lowest BCUT2D eigenvalue weighted by atomic mass is 10.2. The Morgan fingerprint density at radius 3 is 2.52 bits per heavy atom. The lowest BCUT2D eigenvalue weighted by Crippen LogP contribution is -2.23. The highest BCUT2D eigenvalue weighted by Gasteiger charge is 2.20. The van der Waals surface area contributed by atoms with Crippen molar-refractivity contribution in [3.8, 4) is 0 Å². The summed E-state index contributed by atoms with van der Waals surface area (Å²) in [6.45, 7) is 4.31. The number of fused-ring (bicyclic) bond motifs is 1. The molecule has 1 N–H and O–H groups in total. The molecule has 0 aliphatic heterocycles. The number of rotatable bonds is 3. The Labute approximate surface area is 159 Å². The fourth-order valence-electron chi connectivity index (χ4n) is 2.32. The number of carbonyl (C=O) groups is 1. The minimum Gasteiger partial charge on any atom is -0.347 e. The van der Waals surface area contributed by atoms with Gasteiger partial charge in [-0.15, -0.1) is 0 Å². The van der Waals surface area contributed by atoms with Gasteiger partial charge in [0.25, 0.3) is 5.91 Å². The molecule has 0 aliphatic carbocycles. The molecule has 0 fully saturated rings. The highest BCUT2D eigenvalue weighted by atomic mass is 79.9. The summed E-state index contributed by atoms with van der Waals surface area (Å²) in [5.41, 5.74) is 1.52. The van der Waals surface area contributed by atoms with Crippen LogP contribution in [0.3, 0.4) is 0 Å². The zero-order chi connectivity index (χ0) is 18.6. The highest BCUT2D eigenvalue weighted by molar-refractivity contribution is 9.10. The Hall–Kier alpha value is -1.92. The first-order valence-corrected chi connectivity index (χ1v) is 8.98. The SMILES string of the molecule is CC.Cn1nc(C(=O)NCc2ccc(Cl)cc2)c2c(F)c(Br)ccc21. The number of aryl methyl sites for hydroxylation is 1. The summed E-state index contributed by atoms with van der Waals surface area (Å²) in [4.78, 5) is 12.4. The maximum absolute atomic E-state index is 14.3. The van der Waals surface area contributed by atoms with Gasteiger partial charge in [0.1, 0.15) is 5.82 Å². The summed E-state index contributed by atoms with van der Waals surface area (Å²) >= 11 is 8.96. The van der Waals surface area contributed by atoms with Crippen molar-refractivity contribution < 1.29 is 9.18 Å². The number of halogens is 3. The molecule has 0 aliphatic rings. The van der Waals surface area contributed by atoms with Crippen LogP contribution in [-0.4, -0.2) is 15.7 Å². The van der Waals surface area contributed by atoms with Crippen molar-refractivity contribution in [1.29, 1.82) is 0 Å². The van der Waals surface area contributed by atoms with Gasteiger partial charge in [-0.1, -0.05) is 37.6 Å². The van der Waals surface area contributed by atoms with Crippen LogP contribution in [0.4, 0.5) is 4.39 Å². The molecule has 25 heavy (non-hydrogen) atoms. The van der Waals surface area contributed by atoms with E-state index in [0.29, 0.717) is 21.6 Å². The van der Waals surface area contributed by atoms with E-state index in [4.69, 9.17) is 11.6 Å².